The zero-order valence-electron chi connectivity index (χ0n) is 14.2. The van der Waals surface area contributed by atoms with Crippen LogP contribution < -0.4 is 0 Å². The van der Waals surface area contributed by atoms with E-state index in [0.717, 1.165) is 18.2 Å². The fraction of sp³-hybridized carbons (Fsp3) is 0.222. The fourth-order valence-corrected chi connectivity index (χ4v) is 2.40. The van der Waals surface area contributed by atoms with Gasteiger partial charge in [-0.15, -0.1) is 0 Å². The lowest BCUT2D eigenvalue weighted by Crippen LogP contribution is -2.20. The van der Waals surface area contributed by atoms with Crippen molar-refractivity contribution in [3.63, 3.8) is 0 Å². The van der Waals surface area contributed by atoms with E-state index in [4.69, 9.17) is 9.47 Å². The summed E-state index contributed by atoms with van der Waals surface area (Å²) in [5.74, 6) is -4.56. The number of aromatic carboxylic acids is 2. The van der Waals surface area contributed by atoms with E-state index in [9.17, 15) is 29.4 Å². The van der Waals surface area contributed by atoms with E-state index in [1.165, 1.54) is 19.9 Å². The summed E-state index contributed by atoms with van der Waals surface area (Å²) >= 11 is 0. The standard InChI is InChI=1S/C18H18O8/c1-5-13(19)25-9(3)11-7-8-12(17(21)22)16(18(23)24)15(11)10(4)26-14(20)6-2/h5-10H,1-2H2,3-4H3,(H,21,22)(H,23,24). The summed E-state index contributed by atoms with van der Waals surface area (Å²) < 4.78 is 10.1. The predicted molar refractivity (Wildman–Crippen MR) is 89.8 cm³/mol. The van der Waals surface area contributed by atoms with Crippen LogP contribution in [0.3, 0.4) is 0 Å². The molecule has 0 radical (unpaired) electrons. The number of carboxylic acids is 2. The number of benzene rings is 1. The molecule has 26 heavy (non-hydrogen) atoms. The van der Waals surface area contributed by atoms with Crippen LogP contribution in [0, 0.1) is 0 Å². The molecule has 1 rings (SSSR count). The van der Waals surface area contributed by atoms with Gasteiger partial charge in [0.05, 0.1) is 11.1 Å². The van der Waals surface area contributed by atoms with Gasteiger partial charge in [-0.3, -0.25) is 0 Å². The second-order valence-corrected chi connectivity index (χ2v) is 5.17. The molecule has 0 fully saturated rings. The number of rotatable bonds is 8. The third-order valence-electron chi connectivity index (χ3n) is 3.49. The molecule has 8 nitrogen and oxygen atoms in total. The summed E-state index contributed by atoms with van der Waals surface area (Å²) in [7, 11) is 0. The van der Waals surface area contributed by atoms with Gasteiger partial charge in [-0.05, 0) is 25.5 Å². The minimum atomic E-state index is -1.53. The summed E-state index contributed by atoms with van der Waals surface area (Å²) in [5.41, 5.74) is -0.940. The van der Waals surface area contributed by atoms with Crippen LogP contribution in [0.1, 0.15) is 57.9 Å². The second kappa shape index (κ2) is 8.61. The number of ether oxygens (including phenoxy) is 2. The summed E-state index contributed by atoms with van der Waals surface area (Å²) in [5, 5.41) is 18.8. The Labute approximate surface area is 149 Å². The summed E-state index contributed by atoms with van der Waals surface area (Å²) in [6.45, 7) is 9.37. The topological polar surface area (TPSA) is 127 Å². The first-order valence-corrected chi connectivity index (χ1v) is 7.43. The largest absolute Gasteiger partial charge is 0.478 e. The lowest BCUT2D eigenvalue weighted by atomic mass is 9.90. The summed E-state index contributed by atoms with van der Waals surface area (Å²) in [4.78, 5) is 46.1. The molecule has 138 valence electrons. The maximum absolute atomic E-state index is 11.7. The van der Waals surface area contributed by atoms with Gasteiger partial charge in [-0.25, -0.2) is 19.2 Å². The fourth-order valence-electron chi connectivity index (χ4n) is 2.40. The number of carbonyl (C=O) groups excluding carboxylic acids is 2. The van der Waals surface area contributed by atoms with Crippen molar-refractivity contribution in [3.05, 3.63) is 59.7 Å². The monoisotopic (exact) mass is 362 g/mol. The SMILES string of the molecule is C=CC(=O)OC(C)c1ccc(C(=O)O)c(C(=O)O)c1C(C)OC(=O)C=C. The molecule has 1 aromatic rings. The zero-order valence-corrected chi connectivity index (χ0v) is 14.2. The van der Waals surface area contributed by atoms with Gasteiger partial charge in [-0.2, -0.15) is 0 Å². The molecule has 0 amide bonds. The van der Waals surface area contributed by atoms with E-state index in [0.29, 0.717) is 0 Å². The molecule has 1 aromatic carbocycles. The zero-order chi connectivity index (χ0) is 20.0. The highest BCUT2D eigenvalue weighted by Crippen LogP contribution is 2.33. The Morgan fingerprint density at radius 3 is 1.85 bits per heavy atom. The Bertz CT molecular complexity index is 778. The first-order valence-electron chi connectivity index (χ1n) is 7.43. The maximum Gasteiger partial charge on any atom is 0.337 e. The third kappa shape index (κ3) is 4.56. The van der Waals surface area contributed by atoms with Crippen molar-refractivity contribution in [1.29, 1.82) is 0 Å². The molecule has 8 heteroatoms. The quantitative estimate of drug-likeness (QED) is 0.534. The molecule has 0 spiro atoms. The Morgan fingerprint density at radius 2 is 1.42 bits per heavy atom. The first kappa shape index (κ1) is 20.6. The van der Waals surface area contributed by atoms with Gasteiger partial charge in [0.15, 0.2) is 0 Å². The lowest BCUT2D eigenvalue weighted by Gasteiger charge is -2.23. The van der Waals surface area contributed by atoms with Gasteiger partial charge in [0.1, 0.15) is 12.2 Å². The van der Waals surface area contributed by atoms with Crippen LogP contribution in [-0.2, 0) is 19.1 Å². The molecular weight excluding hydrogens is 344 g/mol. The van der Waals surface area contributed by atoms with Gasteiger partial charge in [-0.1, -0.05) is 19.2 Å². The van der Waals surface area contributed by atoms with Crippen molar-refractivity contribution in [1.82, 2.24) is 0 Å². The molecule has 0 aliphatic carbocycles. The van der Waals surface area contributed by atoms with Crippen molar-refractivity contribution in [2.24, 2.45) is 0 Å². The predicted octanol–water partition coefficient (Wildman–Crippen LogP) is 2.66. The average molecular weight is 362 g/mol. The van der Waals surface area contributed by atoms with Gasteiger partial charge in [0.2, 0.25) is 0 Å². The highest BCUT2D eigenvalue weighted by Gasteiger charge is 2.30. The molecule has 0 heterocycles. The van der Waals surface area contributed by atoms with Gasteiger partial charge >= 0.3 is 23.9 Å². The normalized spacial score (nSPS) is 12.4. The van der Waals surface area contributed by atoms with E-state index in [1.807, 2.05) is 0 Å². The Hall–Kier alpha value is -3.42. The molecule has 2 atom stereocenters. The minimum Gasteiger partial charge on any atom is -0.478 e. The second-order valence-electron chi connectivity index (χ2n) is 5.17. The highest BCUT2D eigenvalue weighted by atomic mass is 16.5. The molecular formula is C18H18O8. The van der Waals surface area contributed by atoms with E-state index < -0.39 is 47.2 Å². The smallest absolute Gasteiger partial charge is 0.337 e. The van der Waals surface area contributed by atoms with Crippen LogP contribution in [0.4, 0.5) is 0 Å². The Kier molecular flexibility index (Phi) is 6.83. The van der Waals surface area contributed by atoms with Crippen molar-refractivity contribution in [2.45, 2.75) is 26.1 Å². The van der Waals surface area contributed by atoms with Crippen LogP contribution in [0.2, 0.25) is 0 Å². The molecule has 0 aliphatic heterocycles. The van der Waals surface area contributed by atoms with Crippen molar-refractivity contribution >= 4 is 23.9 Å². The Balaban J connectivity index is 3.65. The molecule has 0 bridgehead atoms. The van der Waals surface area contributed by atoms with Crippen LogP contribution >= 0.6 is 0 Å². The highest BCUT2D eigenvalue weighted by molar-refractivity contribution is 6.03. The molecule has 2 unspecified atom stereocenters. The molecule has 0 aromatic heterocycles. The third-order valence-corrected chi connectivity index (χ3v) is 3.49. The van der Waals surface area contributed by atoms with Gasteiger partial charge in [0, 0.05) is 17.7 Å². The van der Waals surface area contributed by atoms with Crippen molar-refractivity contribution in [2.75, 3.05) is 0 Å². The van der Waals surface area contributed by atoms with E-state index >= 15 is 0 Å². The molecule has 0 saturated carbocycles. The van der Waals surface area contributed by atoms with Crippen LogP contribution in [0.5, 0.6) is 0 Å². The van der Waals surface area contributed by atoms with Crippen LogP contribution in [-0.4, -0.2) is 34.1 Å². The molecule has 0 aliphatic rings. The number of hydrogen-bond acceptors (Lipinski definition) is 6. The van der Waals surface area contributed by atoms with E-state index in [1.54, 1.807) is 0 Å². The number of esters is 2. The number of carboxylic acid groups (broad SMARTS) is 2. The van der Waals surface area contributed by atoms with Crippen molar-refractivity contribution < 1.29 is 38.9 Å². The summed E-state index contributed by atoms with van der Waals surface area (Å²) in [6, 6.07) is 2.40. The average Bonchev–Trinajstić information content (AvgIpc) is 2.59. The van der Waals surface area contributed by atoms with Crippen LogP contribution in [0.15, 0.2) is 37.4 Å². The van der Waals surface area contributed by atoms with Gasteiger partial charge in [0.25, 0.3) is 0 Å². The van der Waals surface area contributed by atoms with E-state index in [-0.39, 0.29) is 11.1 Å². The first-order chi connectivity index (χ1) is 12.1. The minimum absolute atomic E-state index is 0.0861. The maximum atomic E-state index is 11.7. The van der Waals surface area contributed by atoms with E-state index in [2.05, 4.69) is 13.2 Å². The molecule has 2 N–H and O–H groups in total. The van der Waals surface area contributed by atoms with Crippen LogP contribution in [0.25, 0.3) is 0 Å². The lowest BCUT2D eigenvalue weighted by molar-refractivity contribution is -0.144. The van der Waals surface area contributed by atoms with Gasteiger partial charge < -0.3 is 19.7 Å². The van der Waals surface area contributed by atoms with Crippen molar-refractivity contribution in [3.8, 4) is 0 Å². The number of carbonyl (C=O) groups is 4. The molecule has 0 saturated heterocycles. The number of hydrogen-bond donors (Lipinski definition) is 2. The Morgan fingerprint density at radius 1 is 0.923 bits per heavy atom. The summed E-state index contributed by atoms with van der Waals surface area (Å²) in [6.07, 6.45) is -0.257.